The van der Waals surface area contributed by atoms with Gasteiger partial charge in [0.25, 0.3) is 5.91 Å². The van der Waals surface area contributed by atoms with Gasteiger partial charge in [0.1, 0.15) is 18.4 Å². The molecule has 1 atom stereocenters. The maximum Gasteiger partial charge on any atom is 0.251 e. The number of benzene rings is 2. The van der Waals surface area contributed by atoms with Crippen LogP contribution in [0.5, 0.6) is 0 Å². The highest BCUT2D eigenvalue weighted by Gasteiger charge is 2.42. The molecule has 1 aliphatic heterocycles. The van der Waals surface area contributed by atoms with Gasteiger partial charge in [-0.25, -0.2) is 4.39 Å². The number of anilines is 1. The molecule has 0 bridgehead atoms. The minimum Gasteiger partial charge on any atom is -0.329 e. The molecule has 0 radical (unpaired) electrons. The maximum atomic E-state index is 13.4. The molecule has 0 saturated carbocycles. The maximum absolute atomic E-state index is 13.4. The largest absolute Gasteiger partial charge is 0.329 e. The molecule has 3 rings (SSSR count). The topological polar surface area (TPSA) is 40.6 Å². The first-order valence-corrected chi connectivity index (χ1v) is 8.75. The molecule has 1 heterocycles. The highest BCUT2D eigenvalue weighted by Crippen LogP contribution is 2.35. The zero-order chi connectivity index (χ0) is 19.0. The average Bonchev–Trinajstić information content (AvgIpc) is 2.60. The van der Waals surface area contributed by atoms with E-state index in [-0.39, 0.29) is 30.2 Å². The third-order valence-corrected chi connectivity index (χ3v) is 4.99. The molecule has 1 saturated heterocycles. The first kappa shape index (κ1) is 18.1. The van der Waals surface area contributed by atoms with Crippen molar-refractivity contribution in [2.75, 3.05) is 11.4 Å². The Morgan fingerprint density at radius 1 is 1.04 bits per heavy atom. The number of amides is 2. The summed E-state index contributed by atoms with van der Waals surface area (Å²) in [5.74, 6) is -0.657. The Hall–Kier alpha value is -2.69. The van der Waals surface area contributed by atoms with Crippen molar-refractivity contribution in [3.05, 3.63) is 65.0 Å². The van der Waals surface area contributed by atoms with Gasteiger partial charge in [0, 0.05) is 11.7 Å². The second-order valence-electron chi connectivity index (χ2n) is 7.00. The lowest BCUT2D eigenvalue weighted by Crippen LogP contribution is -2.57. The number of aryl methyl sites for hydroxylation is 1. The summed E-state index contributed by atoms with van der Waals surface area (Å²) < 4.78 is 13.4. The molecule has 0 N–H and O–H groups in total. The van der Waals surface area contributed by atoms with E-state index in [0.29, 0.717) is 5.56 Å². The molecule has 2 aromatic rings. The molecule has 0 spiro atoms. The van der Waals surface area contributed by atoms with Crippen molar-refractivity contribution >= 4 is 17.5 Å². The second kappa shape index (κ2) is 6.90. The molecular formula is C21H23FN2O2. The van der Waals surface area contributed by atoms with E-state index in [2.05, 4.69) is 0 Å². The predicted molar refractivity (Wildman–Crippen MR) is 99.4 cm³/mol. The van der Waals surface area contributed by atoms with Gasteiger partial charge >= 0.3 is 0 Å². The van der Waals surface area contributed by atoms with E-state index < -0.39 is 6.04 Å². The lowest BCUT2D eigenvalue weighted by molar-refractivity contribution is -0.143. The summed E-state index contributed by atoms with van der Waals surface area (Å²) in [5.41, 5.74) is 3.34. The van der Waals surface area contributed by atoms with Crippen molar-refractivity contribution < 1.29 is 14.0 Å². The average molecular weight is 354 g/mol. The van der Waals surface area contributed by atoms with Crippen LogP contribution in [0.25, 0.3) is 0 Å². The van der Waals surface area contributed by atoms with Gasteiger partial charge in [-0.1, -0.05) is 24.3 Å². The van der Waals surface area contributed by atoms with Gasteiger partial charge in [-0.3, -0.25) is 14.5 Å². The molecular weight excluding hydrogens is 331 g/mol. The highest BCUT2D eigenvalue weighted by atomic mass is 19.1. The number of piperazine rings is 1. The lowest BCUT2D eigenvalue weighted by atomic mass is 9.97. The van der Waals surface area contributed by atoms with Gasteiger partial charge in [0.2, 0.25) is 5.91 Å². The van der Waals surface area contributed by atoms with Crippen LogP contribution in [0.3, 0.4) is 0 Å². The minimum absolute atomic E-state index is 0.0432. The number of halogens is 1. The van der Waals surface area contributed by atoms with E-state index in [0.717, 1.165) is 16.8 Å². The van der Waals surface area contributed by atoms with Crippen molar-refractivity contribution in [1.82, 2.24) is 4.90 Å². The van der Waals surface area contributed by atoms with Gasteiger partial charge in [0.05, 0.1) is 0 Å². The Bertz CT molecular complexity index is 846. The Balaban J connectivity index is 2.16. The van der Waals surface area contributed by atoms with Gasteiger partial charge in [0.15, 0.2) is 0 Å². The molecule has 1 unspecified atom stereocenters. The van der Waals surface area contributed by atoms with Crippen LogP contribution in [-0.4, -0.2) is 29.3 Å². The van der Waals surface area contributed by atoms with Crippen LogP contribution in [0.15, 0.2) is 42.5 Å². The summed E-state index contributed by atoms with van der Waals surface area (Å²) in [6.45, 7) is 7.74. The number of nitrogens with zero attached hydrogens (tertiary/aromatic N) is 2. The van der Waals surface area contributed by atoms with Crippen LogP contribution >= 0.6 is 0 Å². The van der Waals surface area contributed by atoms with Crippen LogP contribution in [0.2, 0.25) is 0 Å². The monoisotopic (exact) mass is 354 g/mol. The van der Waals surface area contributed by atoms with Crippen LogP contribution in [-0.2, 0) is 9.59 Å². The SMILES string of the molecule is Cc1cccc(N2C(=O)CN(C(C)C)C(=O)C2c2ccc(F)cc2)c1C. The fourth-order valence-corrected chi connectivity index (χ4v) is 3.36. The van der Waals surface area contributed by atoms with Crippen LogP contribution in [0.1, 0.15) is 36.6 Å². The second-order valence-corrected chi connectivity index (χ2v) is 7.00. The highest BCUT2D eigenvalue weighted by molar-refractivity contribution is 6.07. The van der Waals surface area contributed by atoms with E-state index in [1.54, 1.807) is 21.9 Å². The van der Waals surface area contributed by atoms with Crippen LogP contribution < -0.4 is 4.90 Å². The normalized spacial score (nSPS) is 18.0. The summed E-state index contributed by atoms with van der Waals surface area (Å²) in [7, 11) is 0. The fraction of sp³-hybridized carbons (Fsp3) is 0.333. The first-order valence-electron chi connectivity index (χ1n) is 8.75. The molecule has 136 valence electrons. The quantitative estimate of drug-likeness (QED) is 0.842. The van der Waals surface area contributed by atoms with Crippen molar-refractivity contribution in [3.8, 4) is 0 Å². The molecule has 0 aliphatic carbocycles. The Morgan fingerprint density at radius 2 is 1.69 bits per heavy atom. The summed E-state index contributed by atoms with van der Waals surface area (Å²) in [6.07, 6.45) is 0. The molecule has 2 aromatic carbocycles. The zero-order valence-corrected chi connectivity index (χ0v) is 15.5. The molecule has 0 aromatic heterocycles. The van der Waals surface area contributed by atoms with Crippen LogP contribution in [0, 0.1) is 19.7 Å². The van der Waals surface area contributed by atoms with E-state index in [9.17, 15) is 14.0 Å². The molecule has 2 amide bonds. The molecule has 1 fully saturated rings. The molecule has 1 aliphatic rings. The summed E-state index contributed by atoms with van der Waals surface area (Å²) >= 11 is 0. The summed E-state index contributed by atoms with van der Waals surface area (Å²) in [5, 5.41) is 0. The number of carbonyl (C=O) groups is 2. The van der Waals surface area contributed by atoms with Crippen molar-refractivity contribution in [1.29, 1.82) is 0 Å². The van der Waals surface area contributed by atoms with E-state index >= 15 is 0 Å². The fourth-order valence-electron chi connectivity index (χ4n) is 3.36. The van der Waals surface area contributed by atoms with Crippen LogP contribution in [0.4, 0.5) is 10.1 Å². The Morgan fingerprint density at radius 3 is 2.31 bits per heavy atom. The Kier molecular flexibility index (Phi) is 4.81. The first-order chi connectivity index (χ1) is 12.3. The zero-order valence-electron chi connectivity index (χ0n) is 15.5. The summed E-state index contributed by atoms with van der Waals surface area (Å²) in [6, 6.07) is 10.6. The van der Waals surface area contributed by atoms with Crippen molar-refractivity contribution in [3.63, 3.8) is 0 Å². The van der Waals surface area contributed by atoms with E-state index in [4.69, 9.17) is 0 Å². The third kappa shape index (κ3) is 3.09. The van der Waals surface area contributed by atoms with E-state index in [1.807, 2.05) is 45.9 Å². The third-order valence-electron chi connectivity index (χ3n) is 4.99. The lowest BCUT2D eigenvalue weighted by Gasteiger charge is -2.42. The number of rotatable bonds is 3. The smallest absolute Gasteiger partial charge is 0.251 e. The number of carbonyl (C=O) groups excluding carboxylic acids is 2. The van der Waals surface area contributed by atoms with Gasteiger partial charge in [-0.05, 0) is 62.6 Å². The molecule has 4 nitrogen and oxygen atoms in total. The molecule has 5 heteroatoms. The predicted octanol–water partition coefficient (Wildman–Crippen LogP) is 3.77. The molecule has 26 heavy (non-hydrogen) atoms. The number of hydrogen-bond acceptors (Lipinski definition) is 2. The minimum atomic E-state index is -0.792. The van der Waals surface area contributed by atoms with Crippen molar-refractivity contribution in [2.24, 2.45) is 0 Å². The van der Waals surface area contributed by atoms with Gasteiger partial charge in [-0.2, -0.15) is 0 Å². The number of hydrogen-bond donors (Lipinski definition) is 0. The standard InChI is InChI=1S/C21H23FN2O2/c1-13(2)23-12-19(25)24(18-7-5-6-14(3)15(18)4)20(21(23)26)16-8-10-17(22)11-9-16/h5-11,13,20H,12H2,1-4H3. The van der Waals surface area contributed by atoms with Crippen molar-refractivity contribution in [2.45, 2.75) is 39.8 Å². The van der Waals surface area contributed by atoms with Gasteiger partial charge in [-0.15, -0.1) is 0 Å². The summed E-state index contributed by atoms with van der Waals surface area (Å²) in [4.78, 5) is 29.4. The van der Waals surface area contributed by atoms with E-state index in [1.165, 1.54) is 12.1 Å². The van der Waals surface area contributed by atoms with Gasteiger partial charge < -0.3 is 4.90 Å². The Labute approximate surface area is 153 Å².